The molecule has 0 bridgehead atoms. The first-order chi connectivity index (χ1) is 13.1. The first-order valence-electron chi connectivity index (χ1n) is 9.05. The van der Waals surface area contributed by atoms with E-state index in [0.717, 1.165) is 28.9 Å². The van der Waals surface area contributed by atoms with Crippen LogP contribution in [0.5, 0.6) is 0 Å². The lowest BCUT2D eigenvalue weighted by atomic mass is 10.1. The van der Waals surface area contributed by atoms with Crippen molar-refractivity contribution < 1.29 is 4.79 Å². The molecule has 2 N–H and O–H groups in total. The van der Waals surface area contributed by atoms with Crippen molar-refractivity contribution in [2.24, 2.45) is 0 Å². The first kappa shape index (κ1) is 19.0. The highest BCUT2D eigenvalue weighted by molar-refractivity contribution is 6.31. The molecule has 4 heteroatoms. The third-order valence-electron chi connectivity index (χ3n) is 4.52. The number of halogens is 1. The average Bonchev–Trinajstić information content (AvgIpc) is 2.69. The van der Waals surface area contributed by atoms with E-state index in [1.807, 2.05) is 55.5 Å². The van der Waals surface area contributed by atoms with Gasteiger partial charge >= 0.3 is 0 Å². The van der Waals surface area contributed by atoms with E-state index in [4.69, 9.17) is 11.6 Å². The molecular weight excluding hydrogens is 356 g/mol. The summed E-state index contributed by atoms with van der Waals surface area (Å²) in [5.41, 5.74) is 5.79. The van der Waals surface area contributed by atoms with E-state index in [1.165, 1.54) is 5.56 Å². The average molecular weight is 379 g/mol. The molecule has 0 atom stereocenters. The number of aryl methyl sites for hydroxylation is 2. The third-order valence-corrected chi connectivity index (χ3v) is 4.75. The summed E-state index contributed by atoms with van der Waals surface area (Å²) in [5.74, 6) is -0.142. The van der Waals surface area contributed by atoms with E-state index < -0.39 is 0 Å². The van der Waals surface area contributed by atoms with Gasteiger partial charge in [0.2, 0.25) is 0 Å². The summed E-state index contributed by atoms with van der Waals surface area (Å²) in [6.45, 7) is 4.75. The van der Waals surface area contributed by atoms with E-state index in [0.29, 0.717) is 17.1 Å². The minimum absolute atomic E-state index is 0.142. The molecule has 0 saturated heterocycles. The van der Waals surface area contributed by atoms with Crippen LogP contribution in [0.2, 0.25) is 5.02 Å². The molecule has 0 radical (unpaired) electrons. The Morgan fingerprint density at radius 2 is 1.78 bits per heavy atom. The van der Waals surface area contributed by atoms with Gasteiger partial charge in [0.15, 0.2) is 0 Å². The summed E-state index contributed by atoms with van der Waals surface area (Å²) in [6.07, 6.45) is 0.977. The Balaban J connectivity index is 1.71. The highest BCUT2D eigenvalue weighted by Crippen LogP contribution is 2.21. The summed E-state index contributed by atoms with van der Waals surface area (Å²) < 4.78 is 0. The van der Waals surface area contributed by atoms with Crippen LogP contribution in [0.25, 0.3) is 0 Å². The van der Waals surface area contributed by atoms with Crippen LogP contribution in [0.4, 0.5) is 11.4 Å². The smallest absolute Gasteiger partial charge is 0.255 e. The molecule has 0 heterocycles. The van der Waals surface area contributed by atoms with Gasteiger partial charge < -0.3 is 10.6 Å². The zero-order valence-electron chi connectivity index (χ0n) is 15.6. The Morgan fingerprint density at radius 3 is 2.59 bits per heavy atom. The van der Waals surface area contributed by atoms with Crippen LogP contribution in [-0.4, -0.2) is 5.91 Å². The van der Waals surface area contributed by atoms with Gasteiger partial charge in [0.1, 0.15) is 0 Å². The van der Waals surface area contributed by atoms with Crippen molar-refractivity contribution in [3.63, 3.8) is 0 Å². The van der Waals surface area contributed by atoms with E-state index in [2.05, 4.69) is 29.7 Å². The molecule has 0 saturated carbocycles. The van der Waals surface area contributed by atoms with Crippen molar-refractivity contribution in [1.29, 1.82) is 0 Å². The van der Waals surface area contributed by atoms with Crippen LogP contribution in [0.1, 0.15) is 34.0 Å². The van der Waals surface area contributed by atoms with Gasteiger partial charge in [-0.3, -0.25) is 4.79 Å². The molecule has 0 spiro atoms. The molecule has 0 unspecified atom stereocenters. The second-order valence-corrected chi connectivity index (χ2v) is 6.91. The van der Waals surface area contributed by atoms with E-state index in [9.17, 15) is 4.79 Å². The first-order valence-corrected chi connectivity index (χ1v) is 9.43. The Hall–Kier alpha value is -2.78. The van der Waals surface area contributed by atoms with Crippen molar-refractivity contribution >= 4 is 28.9 Å². The quantitative estimate of drug-likeness (QED) is 0.546. The lowest BCUT2D eigenvalue weighted by Crippen LogP contribution is -2.13. The fraction of sp³-hybridized carbons (Fsp3) is 0.174. The van der Waals surface area contributed by atoms with Gasteiger partial charge in [0, 0.05) is 28.5 Å². The number of rotatable bonds is 6. The van der Waals surface area contributed by atoms with Crippen LogP contribution in [-0.2, 0) is 13.0 Å². The summed E-state index contributed by atoms with van der Waals surface area (Å²) in [4.78, 5) is 12.6. The van der Waals surface area contributed by atoms with Gasteiger partial charge in [0.25, 0.3) is 5.91 Å². The Kier molecular flexibility index (Phi) is 6.15. The molecule has 3 aromatic rings. The molecule has 0 aliphatic rings. The predicted molar refractivity (Wildman–Crippen MR) is 114 cm³/mol. The third kappa shape index (κ3) is 4.89. The Labute approximate surface area is 165 Å². The van der Waals surface area contributed by atoms with Crippen LogP contribution in [0.15, 0.2) is 66.7 Å². The number of carbonyl (C=O) groups is 1. The molecule has 3 aromatic carbocycles. The van der Waals surface area contributed by atoms with Gasteiger partial charge in [-0.15, -0.1) is 0 Å². The standard InChI is InChI=1S/C23H23ClN2O/c1-3-18-8-4-5-10-21(18)25-15-17-7-6-9-19(13-17)23(27)26-22-14-20(24)12-11-16(22)2/h4-14,25H,3,15H2,1-2H3,(H,26,27). The van der Waals surface area contributed by atoms with Crippen LogP contribution < -0.4 is 10.6 Å². The van der Waals surface area contributed by atoms with Gasteiger partial charge in [-0.2, -0.15) is 0 Å². The van der Waals surface area contributed by atoms with Crippen molar-refractivity contribution in [3.8, 4) is 0 Å². The van der Waals surface area contributed by atoms with E-state index >= 15 is 0 Å². The lowest BCUT2D eigenvalue weighted by Gasteiger charge is -2.12. The zero-order valence-corrected chi connectivity index (χ0v) is 16.3. The molecular formula is C23H23ClN2O. The molecule has 3 rings (SSSR count). The van der Waals surface area contributed by atoms with Gasteiger partial charge in [-0.05, 0) is 60.4 Å². The van der Waals surface area contributed by atoms with Crippen molar-refractivity contribution in [1.82, 2.24) is 0 Å². The molecule has 3 nitrogen and oxygen atoms in total. The monoisotopic (exact) mass is 378 g/mol. The minimum atomic E-state index is -0.142. The summed E-state index contributed by atoms with van der Waals surface area (Å²) in [5, 5.41) is 7.01. The van der Waals surface area contributed by atoms with Crippen LogP contribution in [0.3, 0.4) is 0 Å². The summed E-state index contributed by atoms with van der Waals surface area (Å²) >= 11 is 6.04. The molecule has 0 aliphatic heterocycles. The van der Waals surface area contributed by atoms with Crippen molar-refractivity contribution in [2.45, 2.75) is 26.8 Å². The number of nitrogens with one attached hydrogen (secondary N) is 2. The topological polar surface area (TPSA) is 41.1 Å². The molecule has 1 amide bonds. The highest BCUT2D eigenvalue weighted by Gasteiger charge is 2.09. The van der Waals surface area contributed by atoms with E-state index in [1.54, 1.807) is 6.07 Å². The predicted octanol–water partition coefficient (Wildman–Crippen LogP) is 6.08. The van der Waals surface area contributed by atoms with Crippen LogP contribution >= 0.6 is 11.6 Å². The fourth-order valence-electron chi connectivity index (χ4n) is 2.94. The largest absolute Gasteiger partial charge is 0.381 e. The van der Waals surface area contributed by atoms with Crippen LogP contribution in [0, 0.1) is 6.92 Å². The lowest BCUT2D eigenvalue weighted by molar-refractivity contribution is 0.102. The summed E-state index contributed by atoms with van der Waals surface area (Å²) in [7, 11) is 0. The summed E-state index contributed by atoms with van der Waals surface area (Å²) in [6, 6.07) is 21.4. The molecule has 0 fully saturated rings. The number of hydrogen-bond acceptors (Lipinski definition) is 2. The number of amides is 1. The SMILES string of the molecule is CCc1ccccc1NCc1cccc(C(=O)Nc2cc(Cl)ccc2C)c1. The second-order valence-electron chi connectivity index (χ2n) is 6.48. The molecule has 0 aromatic heterocycles. The molecule has 0 aliphatic carbocycles. The van der Waals surface area contributed by atoms with Gasteiger partial charge in [-0.25, -0.2) is 0 Å². The van der Waals surface area contributed by atoms with E-state index in [-0.39, 0.29) is 5.91 Å². The number of carbonyl (C=O) groups excluding carboxylic acids is 1. The number of para-hydroxylation sites is 1. The maximum atomic E-state index is 12.6. The van der Waals surface area contributed by atoms with Gasteiger partial charge in [0.05, 0.1) is 0 Å². The number of anilines is 2. The maximum Gasteiger partial charge on any atom is 0.255 e. The number of hydrogen-bond donors (Lipinski definition) is 2. The normalized spacial score (nSPS) is 10.5. The van der Waals surface area contributed by atoms with Crippen molar-refractivity contribution in [2.75, 3.05) is 10.6 Å². The fourth-order valence-corrected chi connectivity index (χ4v) is 3.12. The minimum Gasteiger partial charge on any atom is -0.381 e. The van der Waals surface area contributed by atoms with Gasteiger partial charge in [-0.1, -0.05) is 54.9 Å². The maximum absolute atomic E-state index is 12.6. The Bertz CT molecular complexity index is 953. The van der Waals surface area contributed by atoms with Crippen molar-refractivity contribution in [3.05, 3.63) is 94.0 Å². The Morgan fingerprint density at radius 1 is 0.963 bits per heavy atom. The zero-order chi connectivity index (χ0) is 19.2. The second kappa shape index (κ2) is 8.74. The molecule has 27 heavy (non-hydrogen) atoms. The number of benzene rings is 3. The highest BCUT2D eigenvalue weighted by atomic mass is 35.5. The molecule has 138 valence electrons.